The number of ether oxygens (including phenoxy) is 2. The summed E-state index contributed by atoms with van der Waals surface area (Å²) in [4.78, 5) is 2.42. The van der Waals surface area contributed by atoms with Gasteiger partial charge in [0.1, 0.15) is 0 Å². The number of hydrogen-bond donors (Lipinski definition) is 0. The molecule has 1 aromatic carbocycles. The summed E-state index contributed by atoms with van der Waals surface area (Å²) in [6.45, 7) is 3.69. The van der Waals surface area contributed by atoms with Crippen LogP contribution in [-0.2, 0) is 9.47 Å². The quantitative estimate of drug-likeness (QED) is 0.837. The highest BCUT2D eigenvalue weighted by atomic mass is 79.9. The molecule has 0 saturated carbocycles. The largest absolute Gasteiger partial charge is 0.371 e. The van der Waals surface area contributed by atoms with Gasteiger partial charge in [-0.15, -0.1) is 0 Å². The molecule has 0 radical (unpaired) electrons. The summed E-state index contributed by atoms with van der Waals surface area (Å²) in [5, 5.41) is 0. The molecule has 2 saturated heterocycles. The zero-order valence-corrected chi connectivity index (χ0v) is 11.3. The topological polar surface area (TPSA) is 21.7 Å². The third-order valence-corrected chi connectivity index (χ3v) is 3.73. The Bertz CT molecular complexity index is 364. The van der Waals surface area contributed by atoms with Crippen LogP contribution in [0.5, 0.6) is 0 Å². The van der Waals surface area contributed by atoms with Crippen molar-refractivity contribution in [1.82, 2.24) is 0 Å². The summed E-state index contributed by atoms with van der Waals surface area (Å²) < 4.78 is 12.2. The number of hydrogen-bond acceptors (Lipinski definition) is 3. The van der Waals surface area contributed by atoms with Crippen LogP contribution in [0.1, 0.15) is 24.7 Å². The Kier molecular flexibility index (Phi) is 3.36. The Morgan fingerprint density at radius 1 is 1.06 bits per heavy atom. The Balaban J connectivity index is 1.88. The van der Waals surface area contributed by atoms with Crippen LogP contribution in [0.3, 0.4) is 0 Å². The summed E-state index contributed by atoms with van der Waals surface area (Å²) in [6.07, 6.45) is 2.39. The first kappa shape index (κ1) is 11.5. The smallest absolute Gasteiger partial charge is 0.184 e. The maximum atomic E-state index is 5.55. The molecule has 2 fully saturated rings. The van der Waals surface area contributed by atoms with E-state index in [9.17, 15) is 0 Å². The van der Waals surface area contributed by atoms with E-state index in [4.69, 9.17) is 9.47 Å². The lowest BCUT2D eigenvalue weighted by Gasteiger charge is -2.20. The van der Waals surface area contributed by atoms with Crippen molar-refractivity contribution in [3.8, 4) is 0 Å². The van der Waals surface area contributed by atoms with E-state index in [0.29, 0.717) is 13.2 Å². The molecular weight excluding hydrogens is 282 g/mol. The van der Waals surface area contributed by atoms with E-state index in [1.165, 1.54) is 18.5 Å². The minimum atomic E-state index is -0.186. The summed E-state index contributed by atoms with van der Waals surface area (Å²) in [7, 11) is 0. The van der Waals surface area contributed by atoms with Crippen molar-refractivity contribution in [2.24, 2.45) is 0 Å². The molecule has 3 rings (SSSR count). The monoisotopic (exact) mass is 297 g/mol. The Morgan fingerprint density at radius 3 is 2.47 bits per heavy atom. The van der Waals surface area contributed by atoms with E-state index in [-0.39, 0.29) is 6.29 Å². The summed E-state index contributed by atoms with van der Waals surface area (Å²) in [5.74, 6) is 0. The van der Waals surface area contributed by atoms with Gasteiger partial charge < -0.3 is 14.4 Å². The molecule has 0 N–H and O–H groups in total. The highest BCUT2D eigenvalue weighted by Gasteiger charge is 2.21. The molecule has 0 bridgehead atoms. The van der Waals surface area contributed by atoms with Crippen LogP contribution in [0.25, 0.3) is 0 Å². The molecule has 17 heavy (non-hydrogen) atoms. The number of benzene rings is 1. The highest BCUT2D eigenvalue weighted by Crippen LogP contribution is 2.31. The van der Waals surface area contributed by atoms with Gasteiger partial charge in [-0.2, -0.15) is 0 Å². The van der Waals surface area contributed by atoms with Crippen LogP contribution in [-0.4, -0.2) is 26.3 Å². The first-order valence-electron chi connectivity index (χ1n) is 6.11. The minimum Gasteiger partial charge on any atom is -0.371 e. The second-order valence-corrected chi connectivity index (χ2v) is 5.43. The zero-order valence-electron chi connectivity index (χ0n) is 9.69. The number of nitrogens with zero attached hydrogens (tertiary/aromatic N) is 1. The van der Waals surface area contributed by atoms with Crippen LogP contribution >= 0.6 is 15.9 Å². The van der Waals surface area contributed by atoms with E-state index in [0.717, 1.165) is 23.1 Å². The van der Waals surface area contributed by atoms with Gasteiger partial charge >= 0.3 is 0 Å². The van der Waals surface area contributed by atoms with Crippen molar-refractivity contribution < 1.29 is 9.47 Å². The van der Waals surface area contributed by atoms with E-state index in [2.05, 4.69) is 39.0 Å². The minimum absolute atomic E-state index is 0.186. The van der Waals surface area contributed by atoms with Crippen molar-refractivity contribution in [2.45, 2.75) is 19.1 Å². The predicted octanol–water partition coefficient (Wildman–Crippen LogP) is 3.09. The van der Waals surface area contributed by atoms with Gasteiger partial charge in [0.25, 0.3) is 0 Å². The van der Waals surface area contributed by atoms with Gasteiger partial charge in [-0.1, -0.05) is 15.9 Å². The molecular formula is C13H16BrNO2. The lowest BCUT2D eigenvalue weighted by Crippen LogP contribution is -2.18. The maximum absolute atomic E-state index is 5.55. The molecule has 1 aromatic rings. The molecule has 0 atom stereocenters. The third-order valence-electron chi connectivity index (χ3n) is 3.27. The fourth-order valence-electron chi connectivity index (χ4n) is 2.44. The van der Waals surface area contributed by atoms with Crippen LogP contribution in [0.2, 0.25) is 0 Å². The van der Waals surface area contributed by atoms with Crippen molar-refractivity contribution in [3.05, 3.63) is 28.2 Å². The van der Waals surface area contributed by atoms with Crippen molar-refractivity contribution in [2.75, 3.05) is 31.2 Å². The highest BCUT2D eigenvalue weighted by molar-refractivity contribution is 9.10. The van der Waals surface area contributed by atoms with Crippen molar-refractivity contribution in [3.63, 3.8) is 0 Å². The average Bonchev–Trinajstić information content (AvgIpc) is 3.02. The lowest BCUT2D eigenvalue weighted by molar-refractivity contribution is -0.0441. The lowest BCUT2D eigenvalue weighted by atomic mass is 10.2. The Labute approximate surface area is 110 Å². The molecule has 3 nitrogen and oxygen atoms in total. The first-order chi connectivity index (χ1) is 8.33. The van der Waals surface area contributed by atoms with Gasteiger partial charge in [-0.3, -0.25) is 0 Å². The van der Waals surface area contributed by atoms with E-state index < -0.39 is 0 Å². The summed E-state index contributed by atoms with van der Waals surface area (Å²) >= 11 is 3.57. The third kappa shape index (κ3) is 2.49. The van der Waals surface area contributed by atoms with Crippen LogP contribution in [0.4, 0.5) is 5.69 Å². The molecule has 0 amide bonds. The van der Waals surface area contributed by atoms with Crippen LogP contribution in [0.15, 0.2) is 22.7 Å². The number of halogens is 1. The normalized spacial score (nSPS) is 21.4. The van der Waals surface area contributed by atoms with Crippen molar-refractivity contribution in [1.29, 1.82) is 0 Å². The van der Waals surface area contributed by atoms with Crippen LogP contribution in [0, 0.1) is 0 Å². The molecule has 2 aliphatic rings. The van der Waals surface area contributed by atoms with E-state index >= 15 is 0 Å². The molecule has 0 aliphatic carbocycles. The molecule has 0 aromatic heterocycles. The SMILES string of the molecule is Brc1cc(C2OCCO2)cc(N2CCCC2)c1. The van der Waals surface area contributed by atoms with Gasteiger partial charge in [-0.05, 0) is 31.0 Å². The van der Waals surface area contributed by atoms with Gasteiger partial charge in [0.2, 0.25) is 0 Å². The molecule has 0 unspecified atom stereocenters. The van der Waals surface area contributed by atoms with Crippen LogP contribution < -0.4 is 4.90 Å². The fraction of sp³-hybridized carbons (Fsp3) is 0.538. The maximum Gasteiger partial charge on any atom is 0.184 e. The summed E-state index contributed by atoms with van der Waals surface area (Å²) in [6, 6.07) is 6.44. The van der Waals surface area contributed by atoms with E-state index in [1.807, 2.05) is 0 Å². The van der Waals surface area contributed by atoms with Gasteiger partial charge in [0, 0.05) is 28.8 Å². The summed E-state index contributed by atoms with van der Waals surface area (Å²) in [5.41, 5.74) is 2.38. The number of anilines is 1. The van der Waals surface area contributed by atoms with Gasteiger partial charge in [0.15, 0.2) is 6.29 Å². The molecule has 2 aliphatic heterocycles. The average molecular weight is 298 g/mol. The second kappa shape index (κ2) is 4.96. The number of rotatable bonds is 2. The first-order valence-corrected chi connectivity index (χ1v) is 6.91. The van der Waals surface area contributed by atoms with E-state index in [1.54, 1.807) is 0 Å². The molecule has 92 valence electrons. The Morgan fingerprint density at radius 2 is 1.76 bits per heavy atom. The molecule has 2 heterocycles. The Hall–Kier alpha value is -0.580. The van der Waals surface area contributed by atoms with Gasteiger partial charge in [0.05, 0.1) is 13.2 Å². The predicted molar refractivity (Wildman–Crippen MR) is 70.2 cm³/mol. The second-order valence-electron chi connectivity index (χ2n) is 4.51. The van der Waals surface area contributed by atoms with Crippen molar-refractivity contribution >= 4 is 21.6 Å². The van der Waals surface area contributed by atoms with Gasteiger partial charge in [-0.25, -0.2) is 0 Å². The fourth-order valence-corrected chi connectivity index (χ4v) is 2.94. The zero-order chi connectivity index (χ0) is 11.7. The standard InChI is InChI=1S/C13H16BrNO2/c14-11-7-10(13-16-5-6-17-13)8-12(9-11)15-3-1-2-4-15/h7-9,13H,1-6H2. The molecule has 0 spiro atoms. The molecule has 4 heteroatoms.